The number of carbonyl (C=O) groups is 1. The lowest BCUT2D eigenvalue weighted by Gasteiger charge is -2.16. The zero-order valence-corrected chi connectivity index (χ0v) is 7.36. The predicted octanol–water partition coefficient (Wildman–Crippen LogP) is 2.27. The number of ether oxygens (including phenoxy) is 1. The molecule has 0 amide bonds. The topological polar surface area (TPSA) is 38.7 Å². The fourth-order valence-corrected chi connectivity index (χ4v) is 1.38. The maximum atomic E-state index is 10.6. The first-order chi connectivity index (χ1) is 6.31. The van der Waals surface area contributed by atoms with E-state index >= 15 is 0 Å². The van der Waals surface area contributed by atoms with Gasteiger partial charge in [-0.05, 0) is 18.2 Å². The van der Waals surface area contributed by atoms with E-state index < -0.39 is 6.10 Å². The third kappa shape index (κ3) is 1.42. The lowest BCUT2D eigenvalue weighted by molar-refractivity contribution is -0.114. The number of nitrogens with zero attached hydrogens (tertiary/aromatic N) is 1. The minimum atomic E-state index is -0.578. The molecule has 0 saturated carbocycles. The molecule has 4 heteroatoms. The van der Waals surface area contributed by atoms with Crippen molar-refractivity contribution in [1.29, 1.82) is 0 Å². The summed E-state index contributed by atoms with van der Waals surface area (Å²) in [6, 6.07) is 5.17. The van der Waals surface area contributed by atoms with Gasteiger partial charge in [0.05, 0.1) is 5.69 Å². The molecule has 1 heterocycles. The lowest BCUT2D eigenvalue weighted by atomic mass is 10.1. The summed E-state index contributed by atoms with van der Waals surface area (Å²) in [5.41, 5.74) is 1.44. The van der Waals surface area contributed by atoms with Crippen molar-refractivity contribution in [2.75, 3.05) is 0 Å². The van der Waals surface area contributed by atoms with Gasteiger partial charge in [-0.15, -0.1) is 0 Å². The van der Waals surface area contributed by atoms with E-state index in [4.69, 9.17) is 16.3 Å². The predicted molar refractivity (Wildman–Crippen MR) is 49.5 cm³/mol. The van der Waals surface area contributed by atoms with Crippen LogP contribution in [0, 0.1) is 0 Å². The van der Waals surface area contributed by atoms with Gasteiger partial charge in [0.15, 0.2) is 18.8 Å². The third-order valence-electron chi connectivity index (χ3n) is 1.82. The molecule has 0 aromatic heterocycles. The number of halogens is 1. The Hall–Kier alpha value is -1.35. The maximum Gasteiger partial charge on any atom is 0.182 e. The molecule has 1 unspecified atom stereocenters. The number of aliphatic imine (C=N–C) groups is 1. The van der Waals surface area contributed by atoms with E-state index in [1.54, 1.807) is 18.2 Å². The zero-order valence-electron chi connectivity index (χ0n) is 6.61. The molecule has 0 fully saturated rings. The molecule has 0 saturated heterocycles. The van der Waals surface area contributed by atoms with Gasteiger partial charge >= 0.3 is 0 Å². The molecule has 0 N–H and O–H groups in total. The Kier molecular flexibility index (Phi) is 2.02. The van der Waals surface area contributed by atoms with E-state index in [9.17, 15) is 4.79 Å². The summed E-state index contributed by atoms with van der Waals surface area (Å²) in [5, 5.41) is 0.575. The molecule has 13 heavy (non-hydrogen) atoms. The summed E-state index contributed by atoms with van der Waals surface area (Å²) in [5.74, 6) is 0. The van der Waals surface area contributed by atoms with Crippen molar-refractivity contribution in [2.24, 2.45) is 4.99 Å². The molecule has 1 aliphatic heterocycles. The first-order valence-electron chi connectivity index (χ1n) is 3.74. The molecule has 0 spiro atoms. The van der Waals surface area contributed by atoms with Gasteiger partial charge in [0, 0.05) is 10.6 Å². The Morgan fingerprint density at radius 3 is 3.15 bits per heavy atom. The highest BCUT2D eigenvalue weighted by molar-refractivity contribution is 6.30. The van der Waals surface area contributed by atoms with Gasteiger partial charge in [-0.3, -0.25) is 4.79 Å². The van der Waals surface area contributed by atoms with Crippen LogP contribution < -0.4 is 0 Å². The molecule has 1 aromatic rings. The van der Waals surface area contributed by atoms with Crippen LogP contribution in [0.25, 0.3) is 0 Å². The second-order valence-corrected chi connectivity index (χ2v) is 3.07. The zero-order chi connectivity index (χ0) is 9.26. The molecule has 2 rings (SSSR count). The molecule has 0 radical (unpaired) electrons. The molecule has 0 bridgehead atoms. The second kappa shape index (κ2) is 3.18. The van der Waals surface area contributed by atoms with E-state index in [2.05, 4.69) is 4.99 Å². The quantitative estimate of drug-likeness (QED) is 0.645. The minimum absolute atomic E-state index is 0.575. The van der Waals surface area contributed by atoms with Gasteiger partial charge < -0.3 is 4.74 Å². The Morgan fingerprint density at radius 1 is 1.54 bits per heavy atom. The van der Waals surface area contributed by atoms with Crippen LogP contribution in [0.2, 0.25) is 5.02 Å². The van der Waals surface area contributed by atoms with Crippen LogP contribution in [0.5, 0.6) is 0 Å². The fraction of sp³-hybridized carbons (Fsp3) is 0.111. The maximum absolute atomic E-state index is 10.6. The highest BCUT2D eigenvalue weighted by Crippen LogP contribution is 2.31. The van der Waals surface area contributed by atoms with Gasteiger partial charge in [-0.1, -0.05) is 11.6 Å². The highest BCUT2D eigenvalue weighted by atomic mass is 35.5. The van der Waals surface area contributed by atoms with E-state index in [-0.39, 0.29) is 0 Å². The van der Waals surface area contributed by atoms with Crippen molar-refractivity contribution in [3.8, 4) is 0 Å². The number of rotatable bonds is 1. The van der Waals surface area contributed by atoms with E-state index in [1.165, 1.54) is 6.40 Å². The number of hydrogen-bond donors (Lipinski definition) is 0. The highest BCUT2D eigenvalue weighted by Gasteiger charge is 2.18. The van der Waals surface area contributed by atoms with Crippen LogP contribution in [0.3, 0.4) is 0 Å². The molecule has 3 nitrogen and oxygen atoms in total. The van der Waals surface area contributed by atoms with Gasteiger partial charge in [0.25, 0.3) is 0 Å². The monoisotopic (exact) mass is 195 g/mol. The average molecular weight is 196 g/mol. The minimum Gasteiger partial charge on any atom is -0.468 e. The number of aldehydes is 1. The Labute approximate surface area is 80.0 Å². The van der Waals surface area contributed by atoms with Crippen molar-refractivity contribution < 1.29 is 9.53 Å². The smallest absolute Gasteiger partial charge is 0.182 e. The lowest BCUT2D eigenvalue weighted by Crippen LogP contribution is -2.08. The molecular formula is C9H6ClNO2. The summed E-state index contributed by atoms with van der Waals surface area (Å²) in [7, 11) is 0. The molecule has 1 atom stereocenters. The summed E-state index contributed by atoms with van der Waals surface area (Å²) >= 11 is 5.78. The molecule has 1 aromatic carbocycles. The average Bonchev–Trinajstić information content (AvgIpc) is 2.17. The van der Waals surface area contributed by atoms with Gasteiger partial charge in [0.2, 0.25) is 0 Å². The largest absolute Gasteiger partial charge is 0.468 e. The molecule has 1 aliphatic rings. The summed E-state index contributed by atoms with van der Waals surface area (Å²) in [4.78, 5) is 14.6. The molecule has 66 valence electrons. The normalized spacial score (nSPS) is 19.0. The Balaban J connectivity index is 2.54. The Morgan fingerprint density at radius 2 is 2.38 bits per heavy atom. The summed E-state index contributed by atoms with van der Waals surface area (Å²) in [6.45, 7) is 0. The summed E-state index contributed by atoms with van der Waals surface area (Å²) < 4.78 is 4.99. The van der Waals surface area contributed by atoms with Crippen molar-refractivity contribution in [1.82, 2.24) is 0 Å². The van der Waals surface area contributed by atoms with Crippen LogP contribution in [0.1, 0.15) is 11.7 Å². The number of hydrogen-bond acceptors (Lipinski definition) is 3. The van der Waals surface area contributed by atoms with Crippen LogP contribution >= 0.6 is 11.6 Å². The van der Waals surface area contributed by atoms with Crippen LogP contribution in [-0.2, 0) is 9.53 Å². The van der Waals surface area contributed by atoms with Crippen molar-refractivity contribution in [2.45, 2.75) is 6.10 Å². The SMILES string of the molecule is O=CC1OC=Nc2ccc(Cl)cc21. The van der Waals surface area contributed by atoms with E-state index in [1.807, 2.05) is 0 Å². The molecular weight excluding hydrogens is 190 g/mol. The first kappa shape index (κ1) is 8.26. The number of fused-ring (bicyclic) bond motifs is 1. The third-order valence-corrected chi connectivity index (χ3v) is 2.05. The van der Waals surface area contributed by atoms with Crippen LogP contribution in [0.15, 0.2) is 23.2 Å². The van der Waals surface area contributed by atoms with Gasteiger partial charge in [0.1, 0.15) is 0 Å². The Bertz CT molecular complexity index is 376. The standard InChI is InChI=1S/C9H6ClNO2/c10-6-1-2-8-7(3-6)9(4-12)13-5-11-8/h1-5,9H. The van der Waals surface area contributed by atoms with Crippen molar-refractivity contribution in [3.05, 3.63) is 28.8 Å². The fourth-order valence-electron chi connectivity index (χ4n) is 1.20. The van der Waals surface area contributed by atoms with E-state index in [0.29, 0.717) is 10.6 Å². The number of carbonyl (C=O) groups excluding carboxylic acids is 1. The van der Waals surface area contributed by atoms with Crippen molar-refractivity contribution >= 4 is 30.0 Å². The van der Waals surface area contributed by atoms with Gasteiger partial charge in [-0.2, -0.15) is 0 Å². The van der Waals surface area contributed by atoms with Gasteiger partial charge in [-0.25, -0.2) is 4.99 Å². The second-order valence-electron chi connectivity index (χ2n) is 2.63. The number of benzene rings is 1. The molecule has 0 aliphatic carbocycles. The van der Waals surface area contributed by atoms with E-state index in [0.717, 1.165) is 12.0 Å². The van der Waals surface area contributed by atoms with Crippen molar-refractivity contribution in [3.63, 3.8) is 0 Å². The van der Waals surface area contributed by atoms with Crippen LogP contribution in [0.4, 0.5) is 5.69 Å². The first-order valence-corrected chi connectivity index (χ1v) is 4.12. The summed E-state index contributed by atoms with van der Waals surface area (Å²) in [6.07, 6.45) is 1.42. The van der Waals surface area contributed by atoms with Crippen LogP contribution in [-0.4, -0.2) is 12.7 Å².